The van der Waals surface area contributed by atoms with Crippen molar-refractivity contribution in [2.45, 2.75) is 19.5 Å². The molecule has 0 aromatic heterocycles. The zero-order chi connectivity index (χ0) is 17.4. The van der Waals surface area contributed by atoms with E-state index in [1.54, 1.807) is 20.2 Å². The molecular formula is C19H24N4O. The lowest BCUT2D eigenvalue weighted by Gasteiger charge is -2.18. The maximum Gasteiger partial charge on any atom is 0.251 e. The van der Waals surface area contributed by atoms with E-state index in [1.165, 1.54) is 5.56 Å². The molecule has 5 heteroatoms. The van der Waals surface area contributed by atoms with Crippen LogP contribution in [-0.4, -0.2) is 26.0 Å². The van der Waals surface area contributed by atoms with Crippen LogP contribution in [0, 0.1) is 0 Å². The summed E-state index contributed by atoms with van der Waals surface area (Å²) >= 11 is 0. The Morgan fingerprint density at radius 2 is 1.88 bits per heavy atom. The Balaban J connectivity index is 1.96. The third kappa shape index (κ3) is 4.84. The molecule has 0 bridgehead atoms. The minimum Gasteiger partial charge on any atom is -0.355 e. The first-order valence-electron chi connectivity index (χ1n) is 7.97. The molecule has 0 aliphatic heterocycles. The summed E-state index contributed by atoms with van der Waals surface area (Å²) in [6, 6.07) is 17.9. The molecule has 0 aliphatic carbocycles. The van der Waals surface area contributed by atoms with Gasteiger partial charge in [-0.25, -0.2) is 0 Å². The first-order valence-corrected chi connectivity index (χ1v) is 7.97. The molecule has 2 aromatic rings. The average molecular weight is 324 g/mol. The van der Waals surface area contributed by atoms with Gasteiger partial charge in [-0.05, 0) is 30.2 Å². The van der Waals surface area contributed by atoms with E-state index in [0.717, 1.165) is 11.5 Å². The molecule has 1 amide bonds. The molecule has 0 saturated heterocycles. The Labute approximate surface area is 143 Å². The second-order valence-electron chi connectivity index (χ2n) is 5.48. The zero-order valence-corrected chi connectivity index (χ0v) is 14.3. The normalized spacial score (nSPS) is 12.4. The van der Waals surface area contributed by atoms with E-state index in [0.29, 0.717) is 12.1 Å². The van der Waals surface area contributed by atoms with Crippen LogP contribution in [0.15, 0.2) is 59.6 Å². The van der Waals surface area contributed by atoms with Gasteiger partial charge in [0.25, 0.3) is 5.91 Å². The number of nitrogens with zero attached hydrogens (tertiary/aromatic N) is 1. The molecule has 0 heterocycles. The van der Waals surface area contributed by atoms with Crippen LogP contribution in [0.25, 0.3) is 0 Å². The Morgan fingerprint density at radius 3 is 2.54 bits per heavy atom. The van der Waals surface area contributed by atoms with Crippen LogP contribution in [0.3, 0.4) is 0 Å². The van der Waals surface area contributed by atoms with Gasteiger partial charge in [0, 0.05) is 26.2 Å². The molecule has 5 nitrogen and oxygen atoms in total. The van der Waals surface area contributed by atoms with Gasteiger partial charge in [-0.2, -0.15) is 0 Å². The smallest absolute Gasteiger partial charge is 0.251 e. The van der Waals surface area contributed by atoms with Gasteiger partial charge in [0.2, 0.25) is 0 Å². The number of carbonyl (C=O) groups is 1. The fraction of sp³-hybridized carbons (Fsp3) is 0.263. The van der Waals surface area contributed by atoms with E-state index < -0.39 is 0 Å². The predicted octanol–water partition coefficient (Wildman–Crippen LogP) is 2.47. The van der Waals surface area contributed by atoms with E-state index in [9.17, 15) is 4.79 Å². The molecule has 1 atom stereocenters. The van der Waals surface area contributed by atoms with Crippen LogP contribution in [0.5, 0.6) is 0 Å². The van der Waals surface area contributed by atoms with Crippen molar-refractivity contribution < 1.29 is 4.79 Å². The second kappa shape index (κ2) is 8.72. The molecule has 1 unspecified atom stereocenters. The summed E-state index contributed by atoms with van der Waals surface area (Å²) in [5.41, 5.74) is 2.87. The van der Waals surface area contributed by atoms with E-state index in [2.05, 4.69) is 40.0 Å². The van der Waals surface area contributed by atoms with Gasteiger partial charge >= 0.3 is 0 Å². The topological polar surface area (TPSA) is 65.5 Å². The molecule has 0 radical (unpaired) electrons. The highest BCUT2D eigenvalue weighted by Crippen LogP contribution is 2.11. The van der Waals surface area contributed by atoms with Gasteiger partial charge in [-0.1, -0.05) is 42.5 Å². The van der Waals surface area contributed by atoms with Crippen molar-refractivity contribution in [1.82, 2.24) is 16.0 Å². The maximum atomic E-state index is 11.7. The van der Waals surface area contributed by atoms with Crippen LogP contribution in [-0.2, 0) is 6.54 Å². The predicted molar refractivity (Wildman–Crippen MR) is 98.0 cm³/mol. The summed E-state index contributed by atoms with van der Waals surface area (Å²) in [7, 11) is 3.37. The number of aliphatic imine (C=N–C) groups is 1. The summed E-state index contributed by atoms with van der Waals surface area (Å²) in [4.78, 5) is 16.0. The molecule has 2 aromatic carbocycles. The van der Waals surface area contributed by atoms with Crippen molar-refractivity contribution in [1.29, 1.82) is 0 Å². The molecule has 0 saturated carbocycles. The highest BCUT2D eigenvalue weighted by Gasteiger charge is 2.08. The number of rotatable bonds is 5. The Kier molecular flexibility index (Phi) is 6.37. The fourth-order valence-electron chi connectivity index (χ4n) is 2.38. The zero-order valence-electron chi connectivity index (χ0n) is 14.3. The summed E-state index contributed by atoms with van der Waals surface area (Å²) < 4.78 is 0. The van der Waals surface area contributed by atoms with Gasteiger partial charge in [0.1, 0.15) is 0 Å². The van der Waals surface area contributed by atoms with E-state index in [-0.39, 0.29) is 11.9 Å². The number of hydrogen-bond donors (Lipinski definition) is 3. The number of hydrogen-bond acceptors (Lipinski definition) is 2. The number of benzene rings is 2. The Bertz CT molecular complexity index is 698. The SMILES string of the molecule is CN=C(NCc1cccc(C(=O)NC)c1)NC(C)c1ccccc1. The van der Waals surface area contributed by atoms with Crippen molar-refractivity contribution in [3.8, 4) is 0 Å². The van der Waals surface area contributed by atoms with Gasteiger partial charge in [-0.15, -0.1) is 0 Å². The van der Waals surface area contributed by atoms with Crippen LogP contribution < -0.4 is 16.0 Å². The summed E-state index contributed by atoms with van der Waals surface area (Å²) in [6.07, 6.45) is 0. The Morgan fingerprint density at radius 1 is 1.12 bits per heavy atom. The van der Waals surface area contributed by atoms with Crippen molar-refractivity contribution in [2.24, 2.45) is 4.99 Å². The molecule has 2 rings (SSSR count). The van der Waals surface area contributed by atoms with Crippen molar-refractivity contribution >= 4 is 11.9 Å². The van der Waals surface area contributed by atoms with Crippen LogP contribution in [0.4, 0.5) is 0 Å². The molecule has 0 spiro atoms. The van der Waals surface area contributed by atoms with Crippen LogP contribution >= 0.6 is 0 Å². The lowest BCUT2D eigenvalue weighted by atomic mass is 10.1. The van der Waals surface area contributed by atoms with Gasteiger partial charge in [0.15, 0.2) is 5.96 Å². The van der Waals surface area contributed by atoms with Crippen molar-refractivity contribution in [3.63, 3.8) is 0 Å². The van der Waals surface area contributed by atoms with Crippen molar-refractivity contribution in [2.75, 3.05) is 14.1 Å². The highest BCUT2D eigenvalue weighted by molar-refractivity contribution is 5.94. The monoisotopic (exact) mass is 324 g/mol. The number of guanidine groups is 1. The third-order valence-corrected chi connectivity index (χ3v) is 3.75. The van der Waals surface area contributed by atoms with Gasteiger partial charge in [-0.3, -0.25) is 9.79 Å². The molecule has 24 heavy (non-hydrogen) atoms. The number of nitrogens with one attached hydrogen (secondary N) is 3. The maximum absolute atomic E-state index is 11.7. The largest absolute Gasteiger partial charge is 0.355 e. The molecular weight excluding hydrogens is 300 g/mol. The van der Waals surface area contributed by atoms with Gasteiger partial charge < -0.3 is 16.0 Å². The summed E-state index contributed by atoms with van der Waals surface area (Å²) in [5, 5.41) is 9.27. The van der Waals surface area contributed by atoms with E-state index >= 15 is 0 Å². The number of amides is 1. The lowest BCUT2D eigenvalue weighted by molar-refractivity contribution is 0.0963. The first kappa shape index (κ1) is 17.5. The molecule has 3 N–H and O–H groups in total. The average Bonchev–Trinajstić information content (AvgIpc) is 2.65. The van der Waals surface area contributed by atoms with E-state index in [1.807, 2.05) is 36.4 Å². The summed E-state index contributed by atoms with van der Waals surface area (Å²) in [6.45, 7) is 2.68. The molecule has 0 fully saturated rings. The standard InChI is InChI=1S/C19H24N4O/c1-14(16-9-5-4-6-10-16)23-19(21-3)22-13-15-8-7-11-17(12-15)18(24)20-2/h4-12,14H,13H2,1-3H3,(H,20,24)(H2,21,22,23). The Hall–Kier alpha value is -2.82. The molecule has 126 valence electrons. The van der Waals surface area contributed by atoms with E-state index in [4.69, 9.17) is 0 Å². The van der Waals surface area contributed by atoms with Crippen LogP contribution in [0.1, 0.15) is 34.5 Å². The quantitative estimate of drug-likeness (QED) is 0.585. The fourth-order valence-corrected chi connectivity index (χ4v) is 2.38. The minimum atomic E-state index is -0.0861. The highest BCUT2D eigenvalue weighted by atomic mass is 16.1. The molecule has 0 aliphatic rings. The van der Waals surface area contributed by atoms with Gasteiger partial charge in [0.05, 0.1) is 6.04 Å². The third-order valence-electron chi connectivity index (χ3n) is 3.75. The lowest BCUT2D eigenvalue weighted by Crippen LogP contribution is -2.38. The second-order valence-corrected chi connectivity index (χ2v) is 5.48. The minimum absolute atomic E-state index is 0.0861. The summed E-state index contributed by atoms with van der Waals surface area (Å²) in [5.74, 6) is 0.633. The first-order chi connectivity index (χ1) is 11.6. The van der Waals surface area contributed by atoms with Crippen molar-refractivity contribution in [3.05, 3.63) is 71.3 Å². The van der Waals surface area contributed by atoms with Crippen LogP contribution in [0.2, 0.25) is 0 Å². The number of carbonyl (C=O) groups excluding carboxylic acids is 1.